The third-order valence-corrected chi connectivity index (χ3v) is 7.13. The van der Waals surface area contributed by atoms with Crippen molar-refractivity contribution in [1.82, 2.24) is 0 Å². The van der Waals surface area contributed by atoms with Gasteiger partial charge in [0.05, 0.1) is 13.2 Å². The van der Waals surface area contributed by atoms with Crippen molar-refractivity contribution >= 4 is 24.4 Å². The summed E-state index contributed by atoms with van der Waals surface area (Å²) in [5, 5.41) is 10.1. The third kappa shape index (κ3) is 13.1. The summed E-state index contributed by atoms with van der Waals surface area (Å²) in [6.07, 6.45) is -2.38. The van der Waals surface area contributed by atoms with E-state index in [1.165, 1.54) is 25.1 Å². The summed E-state index contributed by atoms with van der Waals surface area (Å²) in [5.41, 5.74) is 4.07. The maximum atomic E-state index is 12.4. The molecule has 0 bridgehead atoms. The van der Waals surface area contributed by atoms with Gasteiger partial charge in [0.2, 0.25) is 0 Å². The SMILES string of the molecule is CCC(C)(C)OC(=O)O[C@@H](C)[C@@H](C)[C@](N)(Cc1ccc(OC(=O)OCCC(C)C)c(OC(=O)OCCC(C)C)c1)C(=O)O. The van der Waals surface area contributed by atoms with Crippen molar-refractivity contribution in [1.29, 1.82) is 0 Å². The Morgan fingerprint density at radius 1 is 0.837 bits per heavy atom. The summed E-state index contributed by atoms with van der Waals surface area (Å²) < 4.78 is 31.5. The largest absolute Gasteiger partial charge is 0.513 e. The van der Waals surface area contributed by atoms with Crippen molar-refractivity contribution in [2.75, 3.05) is 13.2 Å². The molecule has 1 aromatic carbocycles. The average Bonchev–Trinajstić information content (AvgIpc) is 2.88. The molecule has 3 atom stereocenters. The van der Waals surface area contributed by atoms with E-state index < -0.39 is 47.6 Å². The van der Waals surface area contributed by atoms with Gasteiger partial charge in [-0.15, -0.1) is 0 Å². The lowest BCUT2D eigenvalue weighted by Gasteiger charge is -2.35. The second kappa shape index (κ2) is 16.9. The van der Waals surface area contributed by atoms with Gasteiger partial charge in [0, 0.05) is 12.3 Å². The highest BCUT2D eigenvalue weighted by atomic mass is 16.7. The zero-order chi connectivity index (χ0) is 33.0. The number of carbonyl (C=O) groups is 4. The van der Waals surface area contributed by atoms with Crippen LogP contribution in [0.15, 0.2) is 18.2 Å². The van der Waals surface area contributed by atoms with Gasteiger partial charge >= 0.3 is 24.4 Å². The van der Waals surface area contributed by atoms with Crippen LogP contribution in [0.4, 0.5) is 14.4 Å². The van der Waals surface area contributed by atoms with Crippen LogP contribution < -0.4 is 15.2 Å². The standard InChI is InChI=1S/C31H49NO11/c1-10-30(8,9)43-29(37)40-22(7)21(6)31(32,26(33)34)18-23-11-12-24(41-27(35)38-15-13-19(2)3)25(17-23)42-28(36)39-16-14-20(4)5/h11-12,17,19-22H,10,13-16,18,32H2,1-9H3,(H,33,34)/t21-,22+,31-/m1/s1. The van der Waals surface area contributed by atoms with Crippen molar-refractivity contribution in [3.63, 3.8) is 0 Å². The maximum absolute atomic E-state index is 12.4. The predicted octanol–water partition coefficient (Wildman–Crippen LogP) is 6.50. The normalized spacial score (nSPS) is 14.3. The lowest BCUT2D eigenvalue weighted by atomic mass is 9.78. The van der Waals surface area contributed by atoms with Gasteiger partial charge in [-0.2, -0.15) is 0 Å². The topological polar surface area (TPSA) is 170 Å². The maximum Gasteiger partial charge on any atom is 0.513 e. The Morgan fingerprint density at radius 2 is 1.35 bits per heavy atom. The average molecular weight is 612 g/mol. The Hall–Kier alpha value is -3.54. The van der Waals surface area contributed by atoms with Crippen molar-refractivity contribution in [2.45, 2.75) is 105 Å². The molecule has 0 amide bonds. The van der Waals surface area contributed by atoms with Gasteiger partial charge in [0.1, 0.15) is 17.2 Å². The zero-order valence-electron chi connectivity index (χ0n) is 26.9. The number of aliphatic carboxylic acids is 1. The summed E-state index contributed by atoms with van der Waals surface area (Å²) in [6, 6.07) is 4.16. The van der Waals surface area contributed by atoms with Crippen LogP contribution in [0, 0.1) is 17.8 Å². The first-order chi connectivity index (χ1) is 19.9. The lowest BCUT2D eigenvalue weighted by Crippen LogP contribution is -2.58. The predicted molar refractivity (Wildman–Crippen MR) is 158 cm³/mol. The van der Waals surface area contributed by atoms with Crippen molar-refractivity contribution in [3.05, 3.63) is 23.8 Å². The van der Waals surface area contributed by atoms with Crippen LogP contribution in [-0.4, -0.2) is 60.0 Å². The molecule has 12 nitrogen and oxygen atoms in total. The van der Waals surface area contributed by atoms with E-state index in [4.69, 9.17) is 34.2 Å². The summed E-state index contributed by atoms with van der Waals surface area (Å²) >= 11 is 0. The Balaban J connectivity index is 3.22. The molecule has 0 aliphatic heterocycles. The summed E-state index contributed by atoms with van der Waals surface area (Å²) in [4.78, 5) is 49.5. The number of nitrogens with two attached hydrogens (primary N) is 1. The first kappa shape index (κ1) is 37.5. The lowest BCUT2D eigenvalue weighted by molar-refractivity contribution is -0.148. The number of carboxylic acids is 1. The van der Waals surface area contributed by atoms with E-state index in [9.17, 15) is 24.3 Å². The number of carbonyl (C=O) groups excluding carboxylic acids is 3. The molecule has 3 N–H and O–H groups in total. The fourth-order valence-corrected chi connectivity index (χ4v) is 3.58. The van der Waals surface area contributed by atoms with Gasteiger partial charge in [-0.3, -0.25) is 4.79 Å². The van der Waals surface area contributed by atoms with Gasteiger partial charge < -0.3 is 39.3 Å². The van der Waals surface area contributed by atoms with Crippen LogP contribution in [-0.2, 0) is 30.2 Å². The molecule has 0 unspecified atom stereocenters. The molecular weight excluding hydrogens is 562 g/mol. The van der Waals surface area contributed by atoms with Gasteiger partial charge in [0.15, 0.2) is 11.5 Å². The molecule has 12 heteroatoms. The highest BCUT2D eigenvalue weighted by Gasteiger charge is 2.44. The monoisotopic (exact) mass is 611 g/mol. The van der Waals surface area contributed by atoms with Crippen LogP contribution in [0.25, 0.3) is 0 Å². The van der Waals surface area contributed by atoms with Gasteiger partial charge in [0.25, 0.3) is 0 Å². The molecule has 0 saturated carbocycles. The Labute approximate surface area is 254 Å². The van der Waals surface area contributed by atoms with E-state index in [1.807, 2.05) is 34.6 Å². The number of carboxylic acid groups (broad SMARTS) is 1. The van der Waals surface area contributed by atoms with Crippen molar-refractivity contribution in [3.8, 4) is 11.5 Å². The minimum absolute atomic E-state index is 0.113. The molecule has 0 spiro atoms. The van der Waals surface area contributed by atoms with Crippen molar-refractivity contribution in [2.24, 2.45) is 23.5 Å². The van der Waals surface area contributed by atoms with E-state index in [0.29, 0.717) is 30.7 Å². The van der Waals surface area contributed by atoms with Gasteiger partial charge in [-0.05, 0) is 69.6 Å². The number of hydrogen-bond donors (Lipinski definition) is 2. The molecule has 1 rings (SSSR count). The molecular formula is C31H49NO11. The molecule has 0 aliphatic rings. The van der Waals surface area contributed by atoms with Crippen LogP contribution in [0.3, 0.4) is 0 Å². The summed E-state index contributed by atoms with van der Waals surface area (Å²) in [5.74, 6) is -1.97. The molecule has 244 valence electrons. The smallest absolute Gasteiger partial charge is 0.480 e. The zero-order valence-corrected chi connectivity index (χ0v) is 26.9. The number of hydrogen-bond acceptors (Lipinski definition) is 11. The molecule has 0 saturated heterocycles. The first-order valence-electron chi connectivity index (χ1n) is 14.6. The van der Waals surface area contributed by atoms with Crippen LogP contribution >= 0.6 is 0 Å². The first-order valence-corrected chi connectivity index (χ1v) is 14.6. The molecule has 0 aliphatic carbocycles. The summed E-state index contributed by atoms with van der Waals surface area (Å²) in [6.45, 7) is 16.5. The molecule has 0 heterocycles. The minimum atomic E-state index is -1.92. The molecule has 0 fully saturated rings. The van der Waals surface area contributed by atoms with Gasteiger partial charge in [-0.1, -0.05) is 47.6 Å². The van der Waals surface area contributed by atoms with Crippen molar-refractivity contribution < 1.29 is 52.7 Å². The molecule has 0 aromatic heterocycles. The number of ether oxygens (including phenoxy) is 6. The summed E-state index contributed by atoms with van der Waals surface area (Å²) in [7, 11) is 0. The number of benzene rings is 1. The highest BCUT2D eigenvalue weighted by molar-refractivity contribution is 5.80. The van der Waals surface area contributed by atoms with E-state index in [0.717, 1.165) is 0 Å². The van der Waals surface area contributed by atoms with Crippen LogP contribution in [0.2, 0.25) is 0 Å². The van der Waals surface area contributed by atoms with Gasteiger partial charge in [-0.25, -0.2) is 14.4 Å². The number of rotatable bonds is 16. The molecule has 43 heavy (non-hydrogen) atoms. The Morgan fingerprint density at radius 3 is 1.81 bits per heavy atom. The van der Waals surface area contributed by atoms with E-state index in [1.54, 1.807) is 20.8 Å². The fraction of sp³-hybridized carbons (Fsp3) is 0.677. The Bertz CT molecular complexity index is 1090. The fourth-order valence-electron chi connectivity index (χ4n) is 3.58. The highest BCUT2D eigenvalue weighted by Crippen LogP contribution is 2.33. The molecule has 1 aromatic rings. The van der Waals surface area contributed by atoms with E-state index >= 15 is 0 Å². The van der Waals surface area contributed by atoms with E-state index in [2.05, 4.69) is 0 Å². The van der Waals surface area contributed by atoms with Crippen LogP contribution in [0.1, 0.15) is 87.1 Å². The molecule has 0 radical (unpaired) electrons. The third-order valence-electron chi connectivity index (χ3n) is 7.13. The minimum Gasteiger partial charge on any atom is -0.480 e. The van der Waals surface area contributed by atoms with E-state index in [-0.39, 0.29) is 37.1 Å². The van der Waals surface area contributed by atoms with Crippen LogP contribution in [0.5, 0.6) is 11.5 Å². The Kier molecular flexibility index (Phi) is 14.8. The quantitative estimate of drug-likeness (QED) is 0.118. The second-order valence-electron chi connectivity index (χ2n) is 12.1. The second-order valence-corrected chi connectivity index (χ2v) is 12.1.